The number of ether oxygens (including phenoxy) is 2. The Morgan fingerprint density at radius 2 is 1.84 bits per heavy atom. The van der Waals surface area contributed by atoms with E-state index in [0.717, 1.165) is 26.7 Å². The number of rotatable bonds is 14. The lowest BCUT2D eigenvalue weighted by atomic mass is 9.85. The highest BCUT2D eigenvalue weighted by molar-refractivity contribution is 7.91. The van der Waals surface area contributed by atoms with Crippen LogP contribution in [0.4, 0.5) is 5.00 Å². The normalized spacial score (nSPS) is 22.7. The Morgan fingerprint density at radius 1 is 1.09 bits per heavy atom. The van der Waals surface area contributed by atoms with Crippen LogP contribution >= 0.6 is 22.7 Å². The summed E-state index contributed by atoms with van der Waals surface area (Å²) in [7, 11) is -2.23. The summed E-state index contributed by atoms with van der Waals surface area (Å²) in [5.41, 5.74) is 1.16. The molecule has 0 radical (unpaired) electrons. The number of aromatic nitrogens is 2. The lowest BCUT2D eigenvalue weighted by Gasteiger charge is -2.36. The molecular formula is C41H52N6O7S3. The van der Waals surface area contributed by atoms with Gasteiger partial charge in [0.05, 0.1) is 35.1 Å². The van der Waals surface area contributed by atoms with Crippen molar-refractivity contribution in [2.75, 3.05) is 19.0 Å². The van der Waals surface area contributed by atoms with Gasteiger partial charge < -0.3 is 25.0 Å². The molecule has 3 N–H and O–H groups in total. The number of likely N-dealkylation sites (tertiary alicyclic amines) is 1. The molecule has 16 heteroatoms. The van der Waals surface area contributed by atoms with E-state index < -0.39 is 56.2 Å². The summed E-state index contributed by atoms with van der Waals surface area (Å²) in [4.78, 5) is 54.5. The summed E-state index contributed by atoms with van der Waals surface area (Å²) in [6.07, 6.45) is 1.36. The van der Waals surface area contributed by atoms with Crippen molar-refractivity contribution in [2.45, 2.75) is 115 Å². The van der Waals surface area contributed by atoms with Crippen LogP contribution in [0.3, 0.4) is 0 Å². The van der Waals surface area contributed by atoms with E-state index in [4.69, 9.17) is 19.4 Å². The van der Waals surface area contributed by atoms with Crippen LogP contribution in [-0.4, -0.2) is 83.6 Å². The molecule has 4 aromatic rings. The zero-order valence-corrected chi connectivity index (χ0v) is 36.1. The third-order valence-corrected chi connectivity index (χ3v) is 14.8. The van der Waals surface area contributed by atoms with Crippen LogP contribution in [0.25, 0.3) is 21.6 Å². The smallest absolute Gasteiger partial charge is 0.259 e. The summed E-state index contributed by atoms with van der Waals surface area (Å²) in [5.74, 6) is -0.355. The van der Waals surface area contributed by atoms with Gasteiger partial charge in [0, 0.05) is 28.8 Å². The second-order valence-corrected chi connectivity index (χ2v) is 20.6. The lowest BCUT2D eigenvalue weighted by molar-refractivity contribution is -0.141. The number of anilines is 1. The van der Waals surface area contributed by atoms with E-state index in [-0.39, 0.29) is 30.7 Å². The number of nitrogens with zero attached hydrogens (tertiary/aromatic N) is 3. The molecule has 1 aliphatic heterocycles. The number of nitrogens with one attached hydrogen (secondary N) is 3. The molecule has 0 bridgehead atoms. The number of methoxy groups -OCH3 is 1. The molecule has 1 aromatic carbocycles. The average Bonchev–Trinajstić information content (AvgIpc) is 3.92. The number of thiophene rings is 1. The van der Waals surface area contributed by atoms with E-state index in [2.05, 4.69) is 29.2 Å². The first kappa shape index (κ1) is 40.9. The van der Waals surface area contributed by atoms with Gasteiger partial charge in [0.25, 0.3) is 5.91 Å². The topological polar surface area (TPSA) is 169 Å². The van der Waals surface area contributed by atoms with Gasteiger partial charge in [0.1, 0.15) is 45.9 Å². The molecule has 5 atom stereocenters. The number of thiazole rings is 1. The zero-order valence-electron chi connectivity index (χ0n) is 33.7. The first-order chi connectivity index (χ1) is 26.9. The second kappa shape index (κ2) is 15.5. The molecule has 306 valence electrons. The van der Waals surface area contributed by atoms with E-state index in [0.29, 0.717) is 48.4 Å². The Hall–Kier alpha value is -4.28. The monoisotopic (exact) mass is 836 g/mol. The Morgan fingerprint density at radius 3 is 2.44 bits per heavy atom. The van der Waals surface area contributed by atoms with E-state index >= 15 is 0 Å². The molecule has 7 rings (SSSR count). The number of carbonyl (C=O) groups excluding carboxylic acids is 3. The molecule has 3 amide bonds. The van der Waals surface area contributed by atoms with E-state index in [1.807, 2.05) is 75.7 Å². The highest BCUT2D eigenvalue weighted by Crippen LogP contribution is 2.47. The van der Waals surface area contributed by atoms with Crippen molar-refractivity contribution >= 4 is 66.3 Å². The van der Waals surface area contributed by atoms with Crippen LogP contribution in [0.5, 0.6) is 11.5 Å². The van der Waals surface area contributed by atoms with Crippen molar-refractivity contribution < 1.29 is 32.3 Å². The number of hydrogen-bond donors (Lipinski definition) is 3. The molecule has 0 spiro atoms. The maximum atomic E-state index is 14.8. The Balaban J connectivity index is 1.24. The van der Waals surface area contributed by atoms with E-state index in [1.54, 1.807) is 12.0 Å². The van der Waals surface area contributed by atoms with Gasteiger partial charge in [-0.25, -0.2) is 18.4 Å². The molecule has 3 aliphatic rings. The number of sulfonamides is 1. The zero-order chi connectivity index (χ0) is 41.0. The SMILES string of the molecule is CCC1CC1(NC(=O)C1CC(Oc2cc(-c3nc(C(C)C)cs3)nc3c(C)c(OC)ccc23)CN1C(=O)C(Nc1cccs1)C(C)(C)C)C(=O)NS(=O)(=O)C1CC1. The third-order valence-electron chi connectivity index (χ3n) is 11.3. The van der Waals surface area contributed by atoms with Crippen LogP contribution in [0.2, 0.25) is 0 Å². The fraction of sp³-hybridized carbons (Fsp3) is 0.537. The summed E-state index contributed by atoms with van der Waals surface area (Å²) < 4.78 is 40.4. The fourth-order valence-corrected chi connectivity index (χ4v) is 10.6. The van der Waals surface area contributed by atoms with Crippen LogP contribution in [0.1, 0.15) is 90.8 Å². The molecule has 2 aliphatic carbocycles. The first-order valence-electron chi connectivity index (χ1n) is 19.5. The number of pyridine rings is 1. The predicted octanol–water partition coefficient (Wildman–Crippen LogP) is 6.63. The quantitative estimate of drug-likeness (QED) is 0.125. The molecule has 13 nitrogen and oxygen atoms in total. The van der Waals surface area contributed by atoms with Gasteiger partial charge in [0.15, 0.2) is 0 Å². The third kappa shape index (κ3) is 8.22. The maximum absolute atomic E-state index is 14.8. The van der Waals surface area contributed by atoms with Gasteiger partial charge in [-0.3, -0.25) is 19.1 Å². The average molecular weight is 837 g/mol. The Labute approximate surface area is 342 Å². The number of fused-ring (bicyclic) bond motifs is 1. The predicted molar refractivity (Wildman–Crippen MR) is 223 cm³/mol. The minimum atomic E-state index is -3.85. The largest absolute Gasteiger partial charge is 0.496 e. The van der Waals surface area contributed by atoms with Crippen LogP contribution in [-0.2, 0) is 24.4 Å². The van der Waals surface area contributed by atoms with Crippen molar-refractivity contribution in [3.05, 3.63) is 52.3 Å². The maximum Gasteiger partial charge on any atom is 0.259 e. The van der Waals surface area contributed by atoms with Gasteiger partial charge in [-0.1, -0.05) is 48.0 Å². The summed E-state index contributed by atoms with van der Waals surface area (Å²) in [6, 6.07) is 7.71. The lowest BCUT2D eigenvalue weighted by Crippen LogP contribution is -2.58. The van der Waals surface area contributed by atoms with E-state index in [1.165, 1.54) is 22.7 Å². The van der Waals surface area contributed by atoms with Crippen molar-refractivity contribution in [3.63, 3.8) is 0 Å². The molecule has 4 heterocycles. The molecule has 3 aromatic heterocycles. The first-order valence-corrected chi connectivity index (χ1v) is 22.9. The minimum absolute atomic E-state index is 0.0884. The number of aryl methyl sites for hydroxylation is 1. The highest BCUT2D eigenvalue weighted by Gasteiger charge is 2.62. The molecule has 57 heavy (non-hydrogen) atoms. The molecule has 1 saturated heterocycles. The van der Waals surface area contributed by atoms with Gasteiger partial charge in [-0.2, -0.15) is 0 Å². The van der Waals surface area contributed by atoms with E-state index in [9.17, 15) is 22.8 Å². The number of hydrogen-bond acceptors (Lipinski definition) is 12. The fourth-order valence-electron chi connectivity index (χ4n) is 7.64. The summed E-state index contributed by atoms with van der Waals surface area (Å²) in [5, 5.41) is 12.0. The second-order valence-electron chi connectivity index (χ2n) is 16.9. The number of amides is 3. The summed E-state index contributed by atoms with van der Waals surface area (Å²) >= 11 is 2.98. The van der Waals surface area contributed by atoms with Crippen LogP contribution in [0.15, 0.2) is 41.1 Å². The number of carbonyl (C=O) groups is 3. The Kier molecular flexibility index (Phi) is 11.1. The van der Waals surface area contributed by atoms with Crippen molar-refractivity contribution in [3.8, 4) is 22.2 Å². The number of benzene rings is 1. The molecule has 5 unspecified atom stereocenters. The summed E-state index contributed by atoms with van der Waals surface area (Å²) in [6.45, 7) is 14.0. The molecular weight excluding hydrogens is 785 g/mol. The van der Waals surface area contributed by atoms with Crippen molar-refractivity contribution in [1.82, 2.24) is 24.9 Å². The molecule has 2 saturated carbocycles. The van der Waals surface area contributed by atoms with Gasteiger partial charge >= 0.3 is 0 Å². The molecule has 3 fully saturated rings. The standard InChI is InChI=1S/C41H52N6O7S3/c1-9-24-19-41(24,39(50)46-57(51,52)26-12-13-26)45-36(48)30-17-25(20-47(30)38(49)35(40(5,6)7)44-33-11-10-16-55-33)54-32-18-28(37-43-29(21-56-37)22(2)3)42-34-23(4)31(53-8)15-14-27(32)34/h10-11,14-16,18,21-22,24-26,30,35,44H,9,12-13,17,19-20H2,1-8H3,(H,45,48)(H,46,50). The minimum Gasteiger partial charge on any atom is -0.496 e. The van der Waals surface area contributed by atoms with Crippen LogP contribution in [0, 0.1) is 18.3 Å². The van der Waals surface area contributed by atoms with Gasteiger partial charge in [0.2, 0.25) is 21.8 Å². The van der Waals surface area contributed by atoms with Crippen molar-refractivity contribution in [1.29, 1.82) is 0 Å². The van der Waals surface area contributed by atoms with Gasteiger partial charge in [-0.15, -0.1) is 22.7 Å². The van der Waals surface area contributed by atoms with Crippen LogP contribution < -0.4 is 24.8 Å². The van der Waals surface area contributed by atoms with Gasteiger partial charge in [-0.05, 0) is 73.1 Å². The Bertz CT molecular complexity index is 2280. The van der Waals surface area contributed by atoms with Crippen molar-refractivity contribution in [2.24, 2.45) is 11.3 Å². The highest BCUT2D eigenvalue weighted by atomic mass is 32.2.